The highest BCUT2D eigenvalue weighted by Crippen LogP contribution is 2.31. The number of aryl methyl sites for hydroxylation is 1. The predicted molar refractivity (Wildman–Crippen MR) is 73.8 cm³/mol. The Bertz CT molecular complexity index is 589. The van der Waals surface area contributed by atoms with Crippen LogP contribution in [-0.4, -0.2) is 14.5 Å². The Morgan fingerprint density at radius 1 is 1.56 bits per heavy atom. The molecule has 0 aliphatic heterocycles. The summed E-state index contributed by atoms with van der Waals surface area (Å²) in [5, 5.41) is 8.97. The van der Waals surface area contributed by atoms with Crippen molar-refractivity contribution >= 4 is 37.3 Å². The molecule has 7 heteroatoms. The van der Waals surface area contributed by atoms with Gasteiger partial charge in [-0.15, -0.1) is 11.3 Å². The third-order valence-electron chi connectivity index (χ3n) is 3.12. The Kier molecular flexibility index (Phi) is 4.11. The van der Waals surface area contributed by atoms with Crippen molar-refractivity contribution in [1.29, 1.82) is 5.26 Å². The minimum atomic E-state index is -3.52. The van der Waals surface area contributed by atoms with Crippen LogP contribution < -0.4 is 4.72 Å². The van der Waals surface area contributed by atoms with Gasteiger partial charge in [0.1, 0.15) is 0 Å². The molecule has 0 amide bonds. The van der Waals surface area contributed by atoms with Gasteiger partial charge in [-0.1, -0.05) is 6.42 Å². The number of rotatable bonds is 3. The quantitative estimate of drug-likeness (QED) is 0.912. The van der Waals surface area contributed by atoms with E-state index in [0.717, 1.165) is 27.9 Å². The minimum Gasteiger partial charge on any atom is -0.207 e. The number of hydrogen-bond donors (Lipinski definition) is 1. The molecule has 2 atom stereocenters. The lowest BCUT2D eigenvalue weighted by molar-refractivity contribution is 0.515. The zero-order valence-electron chi connectivity index (χ0n) is 9.81. The van der Waals surface area contributed by atoms with E-state index < -0.39 is 10.0 Å². The second kappa shape index (κ2) is 5.29. The molecule has 2 rings (SSSR count). The van der Waals surface area contributed by atoms with Crippen molar-refractivity contribution in [2.45, 2.75) is 37.1 Å². The van der Waals surface area contributed by atoms with Gasteiger partial charge in [-0.2, -0.15) is 5.26 Å². The molecule has 2 unspecified atom stereocenters. The van der Waals surface area contributed by atoms with Gasteiger partial charge in [0.15, 0.2) is 0 Å². The summed E-state index contributed by atoms with van der Waals surface area (Å²) in [5.41, 5.74) is 0. The van der Waals surface area contributed by atoms with E-state index in [2.05, 4.69) is 26.7 Å². The van der Waals surface area contributed by atoms with E-state index in [9.17, 15) is 8.42 Å². The predicted octanol–water partition coefficient (Wildman–Crippen LogP) is 2.79. The van der Waals surface area contributed by atoms with E-state index in [-0.39, 0.29) is 12.0 Å². The summed E-state index contributed by atoms with van der Waals surface area (Å²) < 4.78 is 28.0. The van der Waals surface area contributed by atoms with Crippen LogP contribution >= 0.6 is 27.3 Å². The zero-order valence-corrected chi connectivity index (χ0v) is 13.0. The highest BCUT2D eigenvalue weighted by atomic mass is 79.9. The molecule has 0 saturated heterocycles. The molecule has 1 heterocycles. The minimum absolute atomic E-state index is 0.206. The maximum atomic E-state index is 12.2. The van der Waals surface area contributed by atoms with Crippen molar-refractivity contribution in [3.8, 4) is 6.07 Å². The van der Waals surface area contributed by atoms with Crippen LogP contribution in [0.15, 0.2) is 14.7 Å². The molecule has 1 N–H and O–H groups in total. The van der Waals surface area contributed by atoms with Crippen LogP contribution in [-0.2, 0) is 10.0 Å². The van der Waals surface area contributed by atoms with Gasteiger partial charge < -0.3 is 0 Å². The molecule has 0 aromatic carbocycles. The van der Waals surface area contributed by atoms with Crippen molar-refractivity contribution in [3.63, 3.8) is 0 Å². The summed E-state index contributed by atoms with van der Waals surface area (Å²) in [7, 11) is -3.52. The molecule has 1 fully saturated rings. The summed E-state index contributed by atoms with van der Waals surface area (Å²) in [6.07, 6.45) is 2.41. The van der Waals surface area contributed by atoms with E-state index in [1.54, 1.807) is 13.0 Å². The highest BCUT2D eigenvalue weighted by Gasteiger charge is 2.32. The molecule has 4 nitrogen and oxygen atoms in total. The molecule has 98 valence electrons. The Labute approximate surface area is 119 Å². The normalized spacial score (nSPS) is 24.1. The lowest BCUT2D eigenvalue weighted by Gasteiger charge is -2.15. The standard InChI is InChI=1S/C11H13BrN2O2S2/c1-7-10(5-11(12)17-7)18(15,16)14-9-4-2-3-8(9)6-13/h5,8-9,14H,2-4H2,1H3. The topological polar surface area (TPSA) is 70.0 Å². The second-order valence-corrected chi connectivity index (χ2v) is 8.68. The molecule has 0 bridgehead atoms. The molecule has 1 aliphatic rings. The third kappa shape index (κ3) is 2.77. The lowest BCUT2D eigenvalue weighted by atomic mass is 10.1. The SMILES string of the molecule is Cc1sc(Br)cc1S(=O)(=O)NC1CCCC1C#N. The number of halogens is 1. The van der Waals surface area contributed by atoms with Gasteiger partial charge in [-0.05, 0) is 41.8 Å². The molecule has 18 heavy (non-hydrogen) atoms. The summed E-state index contributed by atoms with van der Waals surface area (Å²) in [6, 6.07) is 3.53. The largest absolute Gasteiger partial charge is 0.241 e. The first-order valence-corrected chi connectivity index (χ1v) is 8.71. The van der Waals surface area contributed by atoms with Crippen LogP contribution in [0.2, 0.25) is 0 Å². The lowest BCUT2D eigenvalue weighted by Crippen LogP contribution is -2.36. The number of nitrogens with one attached hydrogen (secondary N) is 1. The fourth-order valence-corrected chi connectivity index (χ4v) is 5.94. The summed E-state index contributed by atoms with van der Waals surface area (Å²) in [5.74, 6) is -0.206. The number of nitrogens with zero attached hydrogens (tertiary/aromatic N) is 1. The average molecular weight is 349 g/mol. The number of sulfonamides is 1. The Morgan fingerprint density at radius 2 is 2.28 bits per heavy atom. The smallest absolute Gasteiger partial charge is 0.207 e. The van der Waals surface area contributed by atoms with Crippen LogP contribution in [0, 0.1) is 24.2 Å². The van der Waals surface area contributed by atoms with Crippen molar-refractivity contribution in [3.05, 3.63) is 14.7 Å². The van der Waals surface area contributed by atoms with Crippen LogP contribution in [0.1, 0.15) is 24.1 Å². The van der Waals surface area contributed by atoms with Gasteiger partial charge in [0.2, 0.25) is 10.0 Å². The van der Waals surface area contributed by atoms with Crippen molar-refractivity contribution in [2.75, 3.05) is 0 Å². The first-order chi connectivity index (χ1) is 8.44. The Morgan fingerprint density at radius 3 is 2.83 bits per heavy atom. The number of nitriles is 1. The van der Waals surface area contributed by atoms with E-state index >= 15 is 0 Å². The van der Waals surface area contributed by atoms with E-state index in [0.29, 0.717) is 4.90 Å². The van der Waals surface area contributed by atoms with Gasteiger partial charge in [0.25, 0.3) is 0 Å². The van der Waals surface area contributed by atoms with E-state index in [4.69, 9.17) is 5.26 Å². The monoisotopic (exact) mass is 348 g/mol. The molecule has 0 spiro atoms. The van der Waals surface area contributed by atoms with Crippen LogP contribution in [0.4, 0.5) is 0 Å². The van der Waals surface area contributed by atoms with Crippen LogP contribution in [0.5, 0.6) is 0 Å². The summed E-state index contributed by atoms with van der Waals surface area (Å²) in [6.45, 7) is 1.78. The summed E-state index contributed by atoms with van der Waals surface area (Å²) >= 11 is 4.68. The maximum absolute atomic E-state index is 12.2. The molecule has 0 radical (unpaired) electrons. The van der Waals surface area contributed by atoms with Gasteiger partial charge in [-0.25, -0.2) is 13.1 Å². The first-order valence-electron chi connectivity index (χ1n) is 5.62. The van der Waals surface area contributed by atoms with Crippen molar-refractivity contribution in [1.82, 2.24) is 4.72 Å². The average Bonchev–Trinajstić information content (AvgIpc) is 2.84. The maximum Gasteiger partial charge on any atom is 0.241 e. The molecular weight excluding hydrogens is 336 g/mol. The van der Waals surface area contributed by atoms with Gasteiger partial charge in [0, 0.05) is 10.9 Å². The highest BCUT2D eigenvalue weighted by molar-refractivity contribution is 9.11. The fraction of sp³-hybridized carbons (Fsp3) is 0.545. The van der Waals surface area contributed by atoms with Gasteiger partial charge in [-0.3, -0.25) is 0 Å². The van der Waals surface area contributed by atoms with Crippen LogP contribution in [0.3, 0.4) is 0 Å². The molecule has 1 aromatic rings. The zero-order chi connectivity index (χ0) is 13.3. The molecule has 1 aliphatic carbocycles. The van der Waals surface area contributed by atoms with Gasteiger partial charge >= 0.3 is 0 Å². The van der Waals surface area contributed by atoms with Gasteiger partial charge in [0.05, 0.1) is 20.7 Å². The van der Waals surface area contributed by atoms with Crippen molar-refractivity contribution in [2.24, 2.45) is 5.92 Å². The van der Waals surface area contributed by atoms with Crippen LogP contribution in [0.25, 0.3) is 0 Å². The first kappa shape index (κ1) is 14.0. The summed E-state index contributed by atoms with van der Waals surface area (Å²) in [4.78, 5) is 1.06. The van der Waals surface area contributed by atoms with E-state index in [1.165, 1.54) is 11.3 Å². The van der Waals surface area contributed by atoms with Crippen molar-refractivity contribution < 1.29 is 8.42 Å². The van der Waals surface area contributed by atoms with E-state index in [1.807, 2.05) is 0 Å². The number of thiophene rings is 1. The Balaban J connectivity index is 2.23. The Hall–Kier alpha value is -0.420. The third-order valence-corrected chi connectivity index (χ3v) is 6.42. The molecule has 1 aromatic heterocycles. The fourth-order valence-electron chi connectivity index (χ4n) is 2.22. The number of hydrogen-bond acceptors (Lipinski definition) is 4. The molecule has 1 saturated carbocycles. The second-order valence-electron chi connectivity index (χ2n) is 4.37. The molecular formula is C11H13BrN2O2S2.